The van der Waals surface area contributed by atoms with Crippen LogP contribution in [0.25, 0.3) is 0 Å². The van der Waals surface area contributed by atoms with Crippen molar-refractivity contribution in [3.63, 3.8) is 0 Å². The molecule has 0 fully saturated rings. The molecular formula is C13H15NS2. The van der Waals surface area contributed by atoms with E-state index in [-0.39, 0.29) is 0 Å². The van der Waals surface area contributed by atoms with E-state index in [9.17, 15) is 0 Å². The molecule has 2 rings (SSSR count). The topological polar surface area (TPSA) is 12.9 Å². The summed E-state index contributed by atoms with van der Waals surface area (Å²) in [6, 6.07) is 8.57. The summed E-state index contributed by atoms with van der Waals surface area (Å²) < 4.78 is 0. The van der Waals surface area contributed by atoms with Crippen molar-refractivity contribution >= 4 is 23.1 Å². The van der Waals surface area contributed by atoms with Crippen molar-refractivity contribution in [2.75, 3.05) is 0 Å². The maximum atomic E-state index is 4.46. The Morgan fingerprint density at radius 2 is 2.00 bits per heavy atom. The minimum absolute atomic E-state index is 1.01. The van der Waals surface area contributed by atoms with Crippen molar-refractivity contribution in [3.05, 3.63) is 51.5 Å². The van der Waals surface area contributed by atoms with Crippen LogP contribution in [-0.4, -0.2) is 4.98 Å². The predicted molar refractivity (Wildman–Crippen MR) is 73.0 cm³/mol. The van der Waals surface area contributed by atoms with Crippen LogP contribution in [0.3, 0.4) is 0 Å². The Labute approximate surface area is 105 Å². The Morgan fingerprint density at radius 3 is 2.69 bits per heavy atom. The van der Waals surface area contributed by atoms with Gasteiger partial charge in [-0.1, -0.05) is 24.3 Å². The van der Waals surface area contributed by atoms with Crippen molar-refractivity contribution in [2.24, 2.45) is 0 Å². The van der Waals surface area contributed by atoms with Crippen LogP contribution in [0.2, 0.25) is 0 Å². The lowest BCUT2D eigenvalue weighted by molar-refractivity contribution is 1.17. The van der Waals surface area contributed by atoms with Crippen molar-refractivity contribution in [2.45, 2.75) is 25.4 Å². The first-order valence-corrected chi connectivity index (χ1v) is 7.32. The fourth-order valence-corrected chi connectivity index (χ4v) is 3.23. The lowest BCUT2D eigenvalue weighted by atomic mass is 10.1. The third-order valence-corrected chi connectivity index (χ3v) is 4.27. The Morgan fingerprint density at radius 1 is 1.19 bits per heavy atom. The number of thioether (sulfide) groups is 1. The second-order valence-corrected chi connectivity index (χ2v) is 5.82. The Balaban J connectivity index is 1.87. The molecule has 0 aliphatic carbocycles. The minimum Gasteiger partial charge on any atom is -0.246 e. The maximum Gasteiger partial charge on any atom is 0.0897 e. The van der Waals surface area contributed by atoms with Gasteiger partial charge in [0.15, 0.2) is 0 Å². The summed E-state index contributed by atoms with van der Waals surface area (Å²) in [5.74, 6) is 2.09. The average Bonchev–Trinajstić information content (AvgIpc) is 2.67. The molecule has 0 bridgehead atoms. The molecule has 2 aromatic rings. The molecule has 0 spiro atoms. The number of thiazole rings is 1. The summed E-state index contributed by atoms with van der Waals surface area (Å²) in [5, 5.41) is 3.31. The molecule has 1 aromatic heterocycles. The van der Waals surface area contributed by atoms with Gasteiger partial charge in [0.2, 0.25) is 0 Å². The molecule has 0 saturated carbocycles. The highest BCUT2D eigenvalue weighted by Gasteiger charge is 2.00. The first-order valence-electron chi connectivity index (χ1n) is 5.29. The highest BCUT2D eigenvalue weighted by atomic mass is 32.2. The van der Waals surface area contributed by atoms with E-state index in [0.29, 0.717) is 0 Å². The third kappa shape index (κ3) is 3.09. The van der Waals surface area contributed by atoms with Gasteiger partial charge in [-0.25, -0.2) is 4.98 Å². The summed E-state index contributed by atoms with van der Waals surface area (Å²) in [5.41, 5.74) is 4.02. The molecule has 0 aliphatic heterocycles. The summed E-state index contributed by atoms with van der Waals surface area (Å²) in [6.45, 7) is 4.23. The van der Waals surface area contributed by atoms with E-state index in [4.69, 9.17) is 0 Å². The number of hydrogen-bond acceptors (Lipinski definition) is 3. The zero-order valence-electron chi connectivity index (χ0n) is 9.56. The quantitative estimate of drug-likeness (QED) is 0.805. The second-order valence-electron chi connectivity index (χ2n) is 3.78. The Bertz CT molecular complexity index is 462. The number of hydrogen-bond donors (Lipinski definition) is 0. The van der Waals surface area contributed by atoms with Gasteiger partial charge in [0.1, 0.15) is 0 Å². The zero-order chi connectivity index (χ0) is 11.4. The normalized spacial score (nSPS) is 10.6. The molecule has 0 saturated heterocycles. The monoisotopic (exact) mass is 249 g/mol. The van der Waals surface area contributed by atoms with Gasteiger partial charge >= 0.3 is 0 Å². The zero-order valence-corrected chi connectivity index (χ0v) is 11.2. The van der Waals surface area contributed by atoms with Crippen LogP contribution in [0.4, 0.5) is 0 Å². The Kier molecular flexibility index (Phi) is 4.02. The summed E-state index contributed by atoms with van der Waals surface area (Å²) in [7, 11) is 0. The van der Waals surface area contributed by atoms with Crippen molar-refractivity contribution in [1.29, 1.82) is 0 Å². The maximum absolute atomic E-state index is 4.46. The van der Waals surface area contributed by atoms with Gasteiger partial charge in [-0.2, -0.15) is 11.8 Å². The standard InChI is InChI=1S/C13H15NS2/c1-10-5-3-4-6-12(10)7-15-8-13-9-16-11(2)14-13/h3-6,9H,7-8H2,1-2H3. The fraction of sp³-hybridized carbons (Fsp3) is 0.308. The van der Waals surface area contributed by atoms with Crippen molar-refractivity contribution < 1.29 is 0 Å². The summed E-state index contributed by atoms with van der Waals surface area (Å²) in [6.07, 6.45) is 0. The van der Waals surface area contributed by atoms with E-state index >= 15 is 0 Å². The number of rotatable bonds is 4. The van der Waals surface area contributed by atoms with Crippen LogP contribution in [0.15, 0.2) is 29.6 Å². The van der Waals surface area contributed by atoms with Gasteiger partial charge in [0.05, 0.1) is 10.7 Å². The van der Waals surface area contributed by atoms with Crippen LogP contribution < -0.4 is 0 Å². The molecule has 1 nitrogen and oxygen atoms in total. The molecule has 0 amide bonds. The molecule has 1 heterocycles. The van der Waals surface area contributed by atoms with Crippen LogP contribution in [0.1, 0.15) is 21.8 Å². The van der Waals surface area contributed by atoms with Crippen LogP contribution in [-0.2, 0) is 11.5 Å². The fourth-order valence-electron chi connectivity index (χ4n) is 1.51. The first kappa shape index (κ1) is 11.7. The third-order valence-electron chi connectivity index (χ3n) is 2.44. The first-order chi connectivity index (χ1) is 7.75. The molecule has 3 heteroatoms. The lowest BCUT2D eigenvalue weighted by Crippen LogP contribution is -1.87. The Hall–Kier alpha value is -0.800. The van der Waals surface area contributed by atoms with E-state index in [1.807, 2.05) is 11.8 Å². The predicted octanol–water partition coefficient (Wildman–Crippen LogP) is 4.19. The van der Waals surface area contributed by atoms with E-state index < -0.39 is 0 Å². The van der Waals surface area contributed by atoms with E-state index in [1.54, 1.807) is 11.3 Å². The van der Waals surface area contributed by atoms with Gasteiger partial charge in [-0.15, -0.1) is 11.3 Å². The second kappa shape index (κ2) is 5.51. The van der Waals surface area contributed by atoms with Crippen molar-refractivity contribution in [1.82, 2.24) is 4.98 Å². The van der Waals surface area contributed by atoms with Gasteiger partial charge in [0.25, 0.3) is 0 Å². The number of aryl methyl sites for hydroxylation is 2. The number of nitrogens with zero attached hydrogens (tertiary/aromatic N) is 1. The van der Waals surface area contributed by atoms with Crippen LogP contribution in [0, 0.1) is 13.8 Å². The van der Waals surface area contributed by atoms with Gasteiger partial charge in [-0.3, -0.25) is 0 Å². The molecule has 0 atom stereocenters. The van der Waals surface area contributed by atoms with Crippen molar-refractivity contribution in [3.8, 4) is 0 Å². The molecular weight excluding hydrogens is 234 g/mol. The molecule has 84 valence electrons. The summed E-state index contributed by atoms with van der Waals surface area (Å²) in [4.78, 5) is 4.46. The average molecular weight is 249 g/mol. The SMILES string of the molecule is Cc1nc(CSCc2ccccc2C)cs1. The molecule has 0 N–H and O–H groups in total. The molecule has 0 aliphatic rings. The number of benzene rings is 1. The number of aromatic nitrogens is 1. The van der Waals surface area contributed by atoms with Gasteiger partial charge < -0.3 is 0 Å². The van der Waals surface area contributed by atoms with E-state index in [1.165, 1.54) is 16.8 Å². The smallest absolute Gasteiger partial charge is 0.0897 e. The summed E-state index contributed by atoms with van der Waals surface area (Å²) >= 11 is 3.66. The largest absolute Gasteiger partial charge is 0.246 e. The lowest BCUT2D eigenvalue weighted by Gasteiger charge is -2.03. The van der Waals surface area contributed by atoms with Crippen LogP contribution in [0.5, 0.6) is 0 Å². The molecule has 1 aromatic carbocycles. The molecule has 0 unspecified atom stereocenters. The van der Waals surface area contributed by atoms with Gasteiger partial charge in [-0.05, 0) is 25.0 Å². The minimum atomic E-state index is 1.01. The van der Waals surface area contributed by atoms with Crippen LogP contribution >= 0.6 is 23.1 Å². The highest BCUT2D eigenvalue weighted by Crippen LogP contribution is 2.20. The molecule has 16 heavy (non-hydrogen) atoms. The molecule has 0 radical (unpaired) electrons. The van der Waals surface area contributed by atoms with E-state index in [2.05, 4.69) is 48.5 Å². The van der Waals surface area contributed by atoms with E-state index in [0.717, 1.165) is 16.5 Å². The van der Waals surface area contributed by atoms with Gasteiger partial charge in [0, 0.05) is 16.9 Å². The highest BCUT2D eigenvalue weighted by molar-refractivity contribution is 7.97.